The maximum Gasteiger partial charge on any atom is 0.749 e. The van der Waals surface area contributed by atoms with Crippen LogP contribution in [0.4, 0.5) is 0 Å². The molecule has 0 aliphatic carbocycles. The molecule has 0 heterocycles. The first-order chi connectivity index (χ1) is 3.81. The Balaban J connectivity index is 3.18. The SMILES string of the molecule is C=CO[P+](=O)OCC. The van der Waals surface area contributed by atoms with Crippen molar-refractivity contribution in [3.05, 3.63) is 12.8 Å². The quantitative estimate of drug-likeness (QED) is 0.435. The van der Waals surface area contributed by atoms with Crippen LogP contribution in [0.1, 0.15) is 6.92 Å². The lowest BCUT2D eigenvalue weighted by Gasteiger charge is -1.76. The monoisotopic (exact) mass is 135 g/mol. The van der Waals surface area contributed by atoms with Gasteiger partial charge in [0.05, 0.1) is 0 Å². The second kappa shape index (κ2) is 4.75. The fourth-order valence-corrected chi connectivity index (χ4v) is 0.590. The second-order valence-electron chi connectivity index (χ2n) is 0.913. The third-order valence-electron chi connectivity index (χ3n) is 0.395. The largest absolute Gasteiger partial charge is 0.749 e. The molecule has 0 saturated heterocycles. The molecule has 0 aromatic heterocycles. The lowest BCUT2D eigenvalue weighted by Crippen LogP contribution is -1.76. The molecule has 0 aliphatic heterocycles. The molecule has 0 saturated carbocycles. The molecule has 0 fully saturated rings. The summed E-state index contributed by atoms with van der Waals surface area (Å²) in [4.78, 5) is 0. The Hall–Kier alpha value is -0.400. The van der Waals surface area contributed by atoms with Gasteiger partial charge in [0.1, 0.15) is 12.9 Å². The molecule has 4 heteroatoms. The third-order valence-corrected chi connectivity index (χ3v) is 1.19. The lowest BCUT2D eigenvalue weighted by atomic mass is 10.9. The predicted octanol–water partition coefficient (Wildman–Crippen LogP) is 1.84. The Morgan fingerprint density at radius 2 is 2.50 bits per heavy atom. The van der Waals surface area contributed by atoms with E-state index in [0.29, 0.717) is 6.61 Å². The summed E-state index contributed by atoms with van der Waals surface area (Å²) >= 11 is 0. The highest BCUT2D eigenvalue weighted by molar-refractivity contribution is 7.33. The van der Waals surface area contributed by atoms with Crippen LogP contribution < -0.4 is 0 Å². The summed E-state index contributed by atoms with van der Waals surface area (Å²) < 4.78 is 19.1. The molecular weight excluding hydrogens is 127 g/mol. The second-order valence-corrected chi connectivity index (χ2v) is 1.83. The van der Waals surface area contributed by atoms with Gasteiger partial charge in [0.15, 0.2) is 0 Å². The molecule has 0 rings (SSSR count). The van der Waals surface area contributed by atoms with Crippen molar-refractivity contribution in [2.75, 3.05) is 6.61 Å². The van der Waals surface area contributed by atoms with E-state index in [1.165, 1.54) is 0 Å². The van der Waals surface area contributed by atoms with Gasteiger partial charge in [-0.05, 0) is 6.92 Å². The summed E-state index contributed by atoms with van der Waals surface area (Å²) in [6.45, 7) is 5.32. The number of rotatable bonds is 4. The predicted molar refractivity (Wildman–Crippen MR) is 30.5 cm³/mol. The van der Waals surface area contributed by atoms with Crippen molar-refractivity contribution in [3.63, 3.8) is 0 Å². The Bertz CT molecular complexity index is 91.3. The third kappa shape index (κ3) is 3.78. The summed E-state index contributed by atoms with van der Waals surface area (Å²) in [5, 5.41) is 0. The fourth-order valence-electron chi connectivity index (χ4n) is 0.197. The molecule has 0 aromatic carbocycles. The fraction of sp³-hybridized carbons (Fsp3) is 0.500. The Morgan fingerprint density at radius 1 is 1.88 bits per heavy atom. The van der Waals surface area contributed by atoms with Crippen molar-refractivity contribution < 1.29 is 13.6 Å². The van der Waals surface area contributed by atoms with Gasteiger partial charge in [-0.1, -0.05) is 6.58 Å². The van der Waals surface area contributed by atoms with Crippen LogP contribution in [0.25, 0.3) is 0 Å². The van der Waals surface area contributed by atoms with Crippen LogP contribution in [0.2, 0.25) is 0 Å². The lowest BCUT2D eigenvalue weighted by molar-refractivity contribution is 0.286. The van der Waals surface area contributed by atoms with Gasteiger partial charge in [-0.25, -0.2) is 4.52 Å². The zero-order chi connectivity index (χ0) is 6.41. The number of hydrogen-bond acceptors (Lipinski definition) is 3. The van der Waals surface area contributed by atoms with Crippen LogP contribution in [-0.2, 0) is 13.6 Å². The molecule has 0 aromatic rings. The summed E-state index contributed by atoms with van der Waals surface area (Å²) in [6, 6.07) is 0. The molecule has 0 bridgehead atoms. The van der Waals surface area contributed by atoms with E-state index in [2.05, 4.69) is 15.6 Å². The molecule has 8 heavy (non-hydrogen) atoms. The van der Waals surface area contributed by atoms with Gasteiger partial charge in [-0.3, -0.25) is 0 Å². The summed E-state index contributed by atoms with van der Waals surface area (Å²) in [6.07, 6.45) is 1.09. The van der Waals surface area contributed by atoms with E-state index in [9.17, 15) is 4.57 Å². The van der Waals surface area contributed by atoms with Gasteiger partial charge in [0.2, 0.25) is 0 Å². The van der Waals surface area contributed by atoms with Crippen molar-refractivity contribution in [3.8, 4) is 0 Å². The molecular formula is C4H8O3P+. The highest BCUT2D eigenvalue weighted by atomic mass is 31.1. The first-order valence-corrected chi connectivity index (χ1v) is 3.28. The van der Waals surface area contributed by atoms with Gasteiger partial charge in [-0.2, -0.15) is 0 Å². The molecule has 0 aliphatic rings. The zero-order valence-corrected chi connectivity index (χ0v) is 5.56. The molecule has 0 N–H and O–H groups in total. The summed E-state index contributed by atoms with van der Waals surface area (Å²) in [7, 11) is -1.95. The molecule has 1 atom stereocenters. The molecule has 3 nitrogen and oxygen atoms in total. The van der Waals surface area contributed by atoms with Crippen LogP contribution in [-0.4, -0.2) is 6.61 Å². The van der Waals surface area contributed by atoms with Crippen LogP contribution in [0.3, 0.4) is 0 Å². The maximum absolute atomic E-state index is 10.3. The Morgan fingerprint density at radius 3 is 2.88 bits per heavy atom. The molecule has 0 amide bonds. The molecule has 0 radical (unpaired) electrons. The minimum atomic E-state index is -1.95. The zero-order valence-electron chi connectivity index (χ0n) is 4.66. The average molecular weight is 135 g/mol. The van der Waals surface area contributed by atoms with Crippen molar-refractivity contribution >= 4 is 8.25 Å². The smallest absolute Gasteiger partial charge is 0.238 e. The van der Waals surface area contributed by atoms with E-state index in [-0.39, 0.29) is 0 Å². The van der Waals surface area contributed by atoms with Gasteiger partial charge in [0.25, 0.3) is 0 Å². The first kappa shape index (κ1) is 7.60. The van der Waals surface area contributed by atoms with E-state index < -0.39 is 8.25 Å². The highest BCUT2D eigenvalue weighted by Crippen LogP contribution is 2.22. The van der Waals surface area contributed by atoms with E-state index in [4.69, 9.17) is 0 Å². The molecule has 0 spiro atoms. The van der Waals surface area contributed by atoms with Crippen molar-refractivity contribution in [1.29, 1.82) is 0 Å². The van der Waals surface area contributed by atoms with Crippen LogP contribution in [0.15, 0.2) is 12.8 Å². The first-order valence-electron chi connectivity index (χ1n) is 2.19. The van der Waals surface area contributed by atoms with Crippen molar-refractivity contribution in [2.45, 2.75) is 6.92 Å². The van der Waals surface area contributed by atoms with Crippen molar-refractivity contribution in [1.82, 2.24) is 0 Å². The molecule has 46 valence electrons. The van der Waals surface area contributed by atoms with Crippen LogP contribution >= 0.6 is 8.25 Å². The average Bonchev–Trinajstić information content (AvgIpc) is 1.68. The van der Waals surface area contributed by atoms with Crippen molar-refractivity contribution in [2.24, 2.45) is 0 Å². The van der Waals surface area contributed by atoms with E-state index in [1.54, 1.807) is 6.92 Å². The normalized spacial score (nSPS) is 10.4. The minimum Gasteiger partial charge on any atom is -0.238 e. The highest BCUT2D eigenvalue weighted by Gasteiger charge is 2.15. The Kier molecular flexibility index (Phi) is 4.51. The van der Waals surface area contributed by atoms with Crippen LogP contribution in [0.5, 0.6) is 0 Å². The van der Waals surface area contributed by atoms with E-state index in [0.717, 1.165) is 6.26 Å². The van der Waals surface area contributed by atoms with Crippen LogP contribution in [0, 0.1) is 0 Å². The minimum absolute atomic E-state index is 0.392. The summed E-state index contributed by atoms with van der Waals surface area (Å²) in [5.41, 5.74) is 0. The van der Waals surface area contributed by atoms with Gasteiger partial charge < -0.3 is 0 Å². The van der Waals surface area contributed by atoms with E-state index >= 15 is 0 Å². The van der Waals surface area contributed by atoms with Gasteiger partial charge >= 0.3 is 8.25 Å². The topological polar surface area (TPSA) is 35.5 Å². The number of hydrogen-bond donors (Lipinski definition) is 0. The van der Waals surface area contributed by atoms with Gasteiger partial charge in [-0.15, -0.1) is 4.52 Å². The maximum atomic E-state index is 10.3. The summed E-state index contributed by atoms with van der Waals surface area (Å²) in [5.74, 6) is 0. The standard InChI is InChI=1S/C4H8O3P/c1-3-6-8(5)7-4-2/h3H,1,4H2,2H3/q+1. The van der Waals surface area contributed by atoms with E-state index in [1.807, 2.05) is 0 Å². The van der Waals surface area contributed by atoms with Gasteiger partial charge in [0, 0.05) is 4.57 Å². The Labute approximate surface area is 49.2 Å². The molecule has 1 unspecified atom stereocenters.